The van der Waals surface area contributed by atoms with Crippen LogP contribution in [0.4, 0.5) is 10.8 Å². The number of rotatable bonds is 8. The fourth-order valence-electron chi connectivity index (χ4n) is 3.12. The maximum atomic E-state index is 13.2. The van der Waals surface area contributed by atoms with Crippen LogP contribution in [0.1, 0.15) is 18.2 Å². The highest BCUT2D eigenvalue weighted by Gasteiger charge is 2.19. The number of carbonyl (C=O) groups excluding carboxylic acids is 1. The number of hydrogen-bond acceptors (Lipinski definition) is 7. The molecule has 0 saturated carbocycles. The van der Waals surface area contributed by atoms with Crippen LogP contribution >= 0.6 is 11.3 Å². The van der Waals surface area contributed by atoms with Gasteiger partial charge in [0, 0.05) is 24.4 Å². The van der Waals surface area contributed by atoms with Gasteiger partial charge in [-0.2, -0.15) is 0 Å². The fraction of sp³-hybridized carbons (Fsp3) is 0.125. The van der Waals surface area contributed by atoms with Gasteiger partial charge in [-0.25, -0.2) is 4.98 Å². The number of fused-ring (bicyclic) bond motifs is 1. The molecule has 166 valence electrons. The molecule has 9 heteroatoms. The number of amides is 1. The van der Waals surface area contributed by atoms with Crippen LogP contribution < -0.4 is 9.64 Å². The minimum Gasteiger partial charge on any atom is -0.494 e. The lowest BCUT2D eigenvalue weighted by Gasteiger charge is -2.17. The van der Waals surface area contributed by atoms with Crippen LogP contribution in [0.2, 0.25) is 0 Å². The molecular formula is C24H20N4O4S. The van der Waals surface area contributed by atoms with Gasteiger partial charge in [0.05, 0.1) is 34.0 Å². The molecule has 0 radical (unpaired) electrons. The molecule has 0 bridgehead atoms. The molecule has 0 saturated heterocycles. The number of carbonyl (C=O) groups is 1. The normalized spacial score (nSPS) is 11.1. The first-order valence-corrected chi connectivity index (χ1v) is 11.0. The predicted molar refractivity (Wildman–Crippen MR) is 128 cm³/mol. The van der Waals surface area contributed by atoms with Gasteiger partial charge < -0.3 is 4.74 Å². The van der Waals surface area contributed by atoms with Crippen molar-refractivity contribution in [2.75, 3.05) is 11.5 Å². The summed E-state index contributed by atoms with van der Waals surface area (Å²) in [6.07, 6.45) is 4.73. The molecule has 2 aromatic carbocycles. The van der Waals surface area contributed by atoms with E-state index in [1.807, 2.05) is 43.3 Å². The first kappa shape index (κ1) is 22.1. The number of ether oxygens (including phenoxy) is 1. The molecule has 1 amide bonds. The van der Waals surface area contributed by atoms with Crippen molar-refractivity contribution in [1.82, 2.24) is 9.97 Å². The lowest BCUT2D eigenvalue weighted by Crippen LogP contribution is -2.29. The van der Waals surface area contributed by atoms with E-state index >= 15 is 0 Å². The van der Waals surface area contributed by atoms with Crippen LogP contribution in [0.25, 0.3) is 16.3 Å². The molecule has 0 atom stereocenters. The van der Waals surface area contributed by atoms with Crippen LogP contribution in [0.3, 0.4) is 0 Å². The van der Waals surface area contributed by atoms with E-state index in [2.05, 4.69) is 9.97 Å². The molecule has 2 aromatic heterocycles. The SMILES string of the molecule is CCOc1ccc2nc(N(Cc3ccccn3)C(=O)/C=C/c3ccc([N+](=O)[O-])cc3)sc2c1. The highest BCUT2D eigenvalue weighted by Crippen LogP contribution is 2.32. The Hall–Kier alpha value is -4.11. The van der Waals surface area contributed by atoms with Crippen molar-refractivity contribution in [3.05, 3.63) is 94.3 Å². The summed E-state index contributed by atoms with van der Waals surface area (Å²) in [5.74, 6) is 0.476. The zero-order chi connectivity index (χ0) is 23.2. The van der Waals surface area contributed by atoms with Crippen molar-refractivity contribution in [1.29, 1.82) is 0 Å². The lowest BCUT2D eigenvalue weighted by molar-refractivity contribution is -0.384. The van der Waals surface area contributed by atoms with Crippen LogP contribution in [0, 0.1) is 10.1 Å². The Bertz CT molecular complexity index is 1300. The van der Waals surface area contributed by atoms with E-state index < -0.39 is 4.92 Å². The summed E-state index contributed by atoms with van der Waals surface area (Å²) in [6.45, 7) is 2.74. The Kier molecular flexibility index (Phi) is 6.70. The topological polar surface area (TPSA) is 98.5 Å². The smallest absolute Gasteiger partial charge is 0.269 e. The number of anilines is 1. The van der Waals surface area contributed by atoms with E-state index in [4.69, 9.17) is 4.74 Å². The Morgan fingerprint density at radius 3 is 2.70 bits per heavy atom. The van der Waals surface area contributed by atoms with Crippen molar-refractivity contribution < 1.29 is 14.5 Å². The average Bonchev–Trinajstić information content (AvgIpc) is 3.25. The Morgan fingerprint density at radius 2 is 2.00 bits per heavy atom. The third-order valence-electron chi connectivity index (χ3n) is 4.73. The average molecular weight is 461 g/mol. The van der Waals surface area contributed by atoms with Gasteiger partial charge in [0.2, 0.25) is 0 Å². The number of non-ortho nitro benzene ring substituents is 1. The van der Waals surface area contributed by atoms with Crippen LogP contribution in [-0.4, -0.2) is 27.4 Å². The van der Waals surface area contributed by atoms with Gasteiger partial charge >= 0.3 is 0 Å². The standard InChI is InChI=1S/C24H20N4O4S/c1-2-32-20-11-12-21-22(15-20)33-24(26-21)27(16-18-5-3-4-14-25-18)23(29)13-8-17-6-9-19(10-7-17)28(30)31/h3-15H,2,16H2,1H3/b13-8+. The summed E-state index contributed by atoms with van der Waals surface area (Å²) < 4.78 is 6.48. The number of nitro benzene ring substituents is 1. The molecule has 0 fully saturated rings. The van der Waals surface area contributed by atoms with Gasteiger partial charge in [0.25, 0.3) is 11.6 Å². The second-order valence-electron chi connectivity index (χ2n) is 6.99. The monoisotopic (exact) mass is 460 g/mol. The molecule has 4 aromatic rings. The molecule has 0 N–H and O–H groups in total. The van der Waals surface area contributed by atoms with E-state index in [0.29, 0.717) is 17.3 Å². The number of nitro groups is 1. The minimum absolute atomic E-state index is 0.00356. The quantitative estimate of drug-likeness (QED) is 0.202. The summed E-state index contributed by atoms with van der Waals surface area (Å²) in [5.41, 5.74) is 2.18. The fourth-order valence-corrected chi connectivity index (χ4v) is 4.12. The molecule has 0 unspecified atom stereocenters. The largest absolute Gasteiger partial charge is 0.494 e. The van der Waals surface area contributed by atoms with E-state index in [9.17, 15) is 14.9 Å². The number of hydrogen-bond donors (Lipinski definition) is 0. The summed E-state index contributed by atoms with van der Waals surface area (Å²) in [7, 11) is 0. The van der Waals surface area contributed by atoms with Crippen molar-refractivity contribution in [2.24, 2.45) is 0 Å². The lowest BCUT2D eigenvalue weighted by atomic mass is 10.2. The number of aromatic nitrogens is 2. The number of benzene rings is 2. The van der Waals surface area contributed by atoms with E-state index in [-0.39, 0.29) is 18.1 Å². The minimum atomic E-state index is -0.461. The number of nitrogens with zero attached hydrogens (tertiary/aromatic N) is 4. The van der Waals surface area contributed by atoms with Crippen LogP contribution in [-0.2, 0) is 11.3 Å². The van der Waals surface area contributed by atoms with Gasteiger partial charge in [-0.1, -0.05) is 17.4 Å². The molecular weight excluding hydrogens is 440 g/mol. The van der Waals surface area contributed by atoms with Gasteiger partial charge in [0.15, 0.2) is 5.13 Å². The molecule has 2 heterocycles. The first-order valence-electron chi connectivity index (χ1n) is 10.2. The second kappa shape index (κ2) is 10.0. The predicted octanol–water partition coefficient (Wildman–Crippen LogP) is 5.24. The number of pyridine rings is 1. The first-order chi connectivity index (χ1) is 16.0. The van der Waals surface area contributed by atoms with Crippen molar-refractivity contribution in [2.45, 2.75) is 13.5 Å². The Balaban J connectivity index is 1.63. The maximum Gasteiger partial charge on any atom is 0.269 e. The van der Waals surface area contributed by atoms with E-state index in [0.717, 1.165) is 21.7 Å². The van der Waals surface area contributed by atoms with Gasteiger partial charge in [-0.15, -0.1) is 0 Å². The summed E-state index contributed by atoms with van der Waals surface area (Å²) in [6, 6.07) is 17.2. The summed E-state index contributed by atoms with van der Waals surface area (Å²) in [5, 5.41) is 11.4. The molecule has 0 spiro atoms. The third-order valence-corrected chi connectivity index (χ3v) is 5.77. The highest BCUT2D eigenvalue weighted by atomic mass is 32.1. The van der Waals surface area contributed by atoms with Crippen molar-refractivity contribution in [3.63, 3.8) is 0 Å². The Labute approximate surface area is 193 Å². The molecule has 4 rings (SSSR count). The Morgan fingerprint density at radius 1 is 1.18 bits per heavy atom. The van der Waals surface area contributed by atoms with E-state index in [1.165, 1.54) is 29.5 Å². The molecule has 0 aliphatic heterocycles. The molecule has 0 aliphatic rings. The maximum absolute atomic E-state index is 13.2. The zero-order valence-electron chi connectivity index (χ0n) is 17.7. The molecule has 33 heavy (non-hydrogen) atoms. The van der Waals surface area contributed by atoms with Crippen molar-refractivity contribution >= 4 is 44.4 Å². The number of thiazole rings is 1. The van der Waals surface area contributed by atoms with Crippen LogP contribution in [0.15, 0.2) is 72.9 Å². The third kappa shape index (κ3) is 5.39. The van der Waals surface area contributed by atoms with Crippen molar-refractivity contribution in [3.8, 4) is 5.75 Å². The van der Waals surface area contributed by atoms with Gasteiger partial charge in [-0.3, -0.25) is 24.8 Å². The molecule has 8 nitrogen and oxygen atoms in total. The highest BCUT2D eigenvalue weighted by molar-refractivity contribution is 7.22. The summed E-state index contributed by atoms with van der Waals surface area (Å²) in [4.78, 5) is 34.1. The molecule has 0 aliphatic carbocycles. The summed E-state index contributed by atoms with van der Waals surface area (Å²) >= 11 is 1.40. The van der Waals surface area contributed by atoms with E-state index in [1.54, 1.807) is 29.3 Å². The zero-order valence-corrected chi connectivity index (χ0v) is 18.6. The van der Waals surface area contributed by atoms with Crippen LogP contribution in [0.5, 0.6) is 5.75 Å². The second-order valence-corrected chi connectivity index (χ2v) is 8.00. The van der Waals surface area contributed by atoms with Gasteiger partial charge in [0.1, 0.15) is 5.75 Å². The van der Waals surface area contributed by atoms with Gasteiger partial charge in [-0.05, 0) is 61.0 Å².